The second kappa shape index (κ2) is 4.95. The number of aliphatic hydroxyl groups is 1. The fourth-order valence-corrected chi connectivity index (χ4v) is 1.90. The molecular formula is C11H22N4O. The van der Waals surface area contributed by atoms with E-state index in [0.717, 1.165) is 5.56 Å². The first-order valence-corrected chi connectivity index (χ1v) is 5.44. The van der Waals surface area contributed by atoms with Crippen molar-refractivity contribution in [3.63, 3.8) is 0 Å². The fourth-order valence-electron chi connectivity index (χ4n) is 1.90. The average Bonchev–Trinajstić information content (AvgIpc) is 2.49. The van der Waals surface area contributed by atoms with Gasteiger partial charge in [0.1, 0.15) is 0 Å². The van der Waals surface area contributed by atoms with Gasteiger partial charge >= 0.3 is 0 Å². The number of likely N-dealkylation sites (N-methyl/N-ethyl adjacent to an activating group) is 1. The molecule has 0 fully saturated rings. The first kappa shape index (κ1) is 13.2. The van der Waals surface area contributed by atoms with Crippen LogP contribution in [0.2, 0.25) is 0 Å². The van der Waals surface area contributed by atoms with Crippen molar-refractivity contribution in [2.24, 2.45) is 12.8 Å². The van der Waals surface area contributed by atoms with Crippen LogP contribution in [0.25, 0.3) is 0 Å². The summed E-state index contributed by atoms with van der Waals surface area (Å²) in [6, 6.07) is 0.0973. The Morgan fingerprint density at radius 3 is 2.62 bits per heavy atom. The minimum atomic E-state index is -0.718. The molecule has 0 bridgehead atoms. The molecule has 1 unspecified atom stereocenters. The van der Waals surface area contributed by atoms with Crippen LogP contribution in [-0.2, 0) is 7.05 Å². The van der Waals surface area contributed by atoms with Crippen molar-refractivity contribution in [1.29, 1.82) is 0 Å². The van der Waals surface area contributed by atoms with Gasteiger partial charge in [-0.25, -0.2) is 0 Å². The largest absolute Gasteiger partial charge is 0.389 e. The van der Waals surface area contributed by atoms with Crippen LogP contribution in [0.3, 0.4) is 0 Å². The maximum Gasteiger partial charge on any atom is 0.0718 e. The molecule has 0 aliphatic carbocycles. The first-order valence-electron chi connectivity index (χ1n) is 5.44. The van der Waals surface area contributed by atoms with Crippen LogP contribution in [0.15, 0.2) is 12.4 Å². The molecule has 1 atom stereocenters. The fraction of sp³-hybridized carbons (Fsp3) is 0.727. The highest BCUT2D eigenvalue weighted by Gasteiger charge is 2.22. The third-order valence-electron chi connectivity index (χ3n) is 2.50. The van der Waals surface area contributed by atoms with Crippen molar-refractivity contribution in [2.75, 3.05) is 20.1 Å². The topological polar surface area (TPSA) is 67.3 Å². The summed E-state index contributed by atoms with van der Waals surface area (Å²) >= 11 is 0. The minimum absolute atomic E-state index is 0.0973. The summed E-state index contributed by atoms with van der Waals surface area (Å²) in [6.07, 6.45) is 3.77. The second-order valence-corrected chi connectivity index (χ2v) is 4.93. The molecule has 1 aromatic heterocycles. The Morgan fingerprint density at radius 2 is 2.25 bits per heavy atom. The average molecular weight is 226 g/mol. The maximum atomic E-state index is 9.78. The van der Waals surface area contributed by atoms with E-state index in [9.17, 15) is 5.11 Å². The third kappa shape index (κ3) is 3.59. The summed E-state index contributed by atoms with van der Waals surface area (Å²) in [5.41, 5.74) is 6.14. The molecule has 0 amide bonds. The summed E-state index contributed by atoms with van der Waals surface area (Å²) in [7, 11) is 3.84. The lowest BCUT2D eigenvalue weighted by Gasteiger charge is -2.31. The molecule has 1 rings (SSSR count). The van der Waals surface area contributed by atoms with Crippen LogP contribution >= 0.6 is 0 Å². The number of hydrogen-bond acceptors (Lipinski definition) is 4. The lowest BCUT2D eigenvalue weighted by atomic mass is 10.1. The molecular weight excluding hydrogens is 204 g/mol. The molecule has 0 spiro atoms. The van der Waals surface area contributed by atoms with Gasteiger partial charge in [-0.15, -0.1) is 0 Å². The normalized spacial score (nSPS) is 14.4. The molecule has 0 aliphatic heterocycles. The molecule has 0 saturated heterocycles. The van der Waals surface area contributed by atoms with E-state index in [-0.39, 0.29) is 6.04 Å². The predicted octanol–water partition coefficient (Wildman–Crippen LogP) is 0.123. The van der Waals surface area contributed by atoms with Gasteiger partial charge in [-0.3, -0.25) is 9.58 Å². The zero-order valence-corrected chi connectivity index (χ0v) is 10.5. The number of hydrogen-bond donors (Lipinski definition) is 2. The van der Waals surface area contributed by atoms with E-state index in [1.165, 1.54) is 0 Å². The molecule has 92 valence electrons. The van der Waals surface area contributed by atoms with Crippen LogP contribution in [0.1, 0.15) is 25.5 Å². The van der Waals surface area contributed by atoms with Crippen LogP contribution in [0.5, 0.6) is 0 Å². The van der Waals surface area contributed by atoms with Crippen molar-refractivity contribution in [3.8, 4) is 0 Å². The van der Waals surface area contributed by atoms with Gasteiger partial charge in [-0.1, -0.05) is 0 Å². The summed E-state index contributed by atoms with van der Waals surface area (Å²) in [5.74, 6) is 0. The Labute approximate surface area is 96.9 Å². The van der Waals surface area contributed by atoms with E-state index in [2.05, 4.69) is 10.00 Å². The van der Waals surface area contributed by atoms with Crippen molar-refractivity contribution >= 4 is 0 Å². The van der Waals surface area contributed by atoms with E-state index < -0.39 is 5.60 Å². The number of aromatic nitrogens is 2. The highest BCUT2D eigenvalue weighted by Crippen LogP contribution is 2.19. The van der Waals surface area contributed by atoms with Gasteiger partial charge in [0, 0.05) is 37.9 Å². The smallest absolute Gasteiger partial charge is 0.0718 e. The summed E-state index contributed by atoms with van der Waals surface area (Å²) in [5, 5.41) is 13.9. The number of nitrogens with zero attached hydrogens (tertiary/aromatic N) is 3. The van der Waals surface area contributed by atoms with E-state index in [1.54, 1.807) is 18.5 Å². The number of nitrogens with two attached hydrogens (primary N) is 1. The predicted molar refractivity (Wildman–Crippen MR) is 63.9 cm³/mol. The van der Waals surface area contributed by atoms with Crippen molar-refractivity contribution in [2.45, 2.75) is 25.5 Å². The monoisotopic (exact) mass is 226 g/mol. The van der Waals surface area contributed by atoms with E-state index in [0.29, 0.717) is 13.1 Å². The summed E-state index contributed by atoms with van der Waals surface area (Å²) in [4.78, 5) is 2.05. The standard InChI is InChI=1S/C11H22N4O/c1-11(2,16)8-14(3)10(5-12)9-6-13-15(4)7-9/h6-7,10,16H,5,8,12H2,1-4H3. The van der Waals surface area contributed by atoms with Crippen LogP contribution in [0.4, 0.5) is 0 Å². The van der Waals surface area contributed by atoms with E-state index >= 15 is 0 Å². The van der Waals surface area contributed by atoms with Crippen molar-refractivity contribution < 1.29 is 5.11 Å². The zero-order chi connectivity index (χ0) is 12.3. The molecule has 3 N–H and O–H groups in total. The molecule has 1 aromatic rings. The Kier molecular flexibility index (Phi) is 4.07. The Hall–Kier alpha value is -0.910. The van der Waals surface area contributed by atoms with Crippen LogP contribution < -0.4 is 5.73 Å². The van der Waals surface area contributed by atoms with E-state index in [4.69, 9.17) is 5.73 Å². The molecule has 0 radical (unpaired) electrons. The lowest BCUT2D eigenvalue weighted by Crippen LogP contribution is -2.40. The lowest BCUT2D eigenvalue weighted by molar-refractivity contribution is 0.0321. The molecule has 1 heterocycles. The summed E-state index contributed by atoms with van der Waals surface area (Å²) in [6.45, 7) is 4.67. The minimum Gasteiger partial charge on any atom is -0.389 e. The zero-order valence-electron chi connectivity index (χ0n) is 10.5. The van der Waals surface area contributed by atoms with Gasteiger partial charge in [0.15, 0.2) is 0 Å². The Morgan fingerprint density at radius 1 is 1.62 bits per heavy atom. The van der Waals surface area contributed by atoms with Crippen molar-refractivity contribution in [3.05, 3.63) is 18.0 Å². The third-order valence-corrected chi connectivity index (χ3v) is 2.50. The van der Waals surface area contributed by atoms with Gasteiger partial charge < -0.3 is 10.8 Å². The highest BCUT2D eigenvalue weighted by molar-refractivity contribution is 5.11. The Balaban J connectivity index is 2.74. The Bertz CT molecular complexity index is 329. The van der Waals surface area contributed by atoms with Crippen LogP contribution in [0, 0.1) is 0 Å². The number of aryl methyl sites for hydroxylation is 1. The molecule has 5 heteroatoms. The van der Waals surface area contributed by atoms with Gasteiger partial charge in [-0.05, 0) is 20.9 Å². The van der Waals surface area contributed by atoms with Gasteiger partial charge in [0.25, 0.3) is 0 Å². The number of rotatable bonds is 5. The highest BCUT2D eigenvalue weighted by atomic mass is 16.3. The second-order valence-electron chi connectivity index (χ2n) is 4.93. The summed E-state index contributed by atoms with van der Waals surface area (Å²) < 4.78 is 1.76. The van der Waals surface area contributed by atoms with Gasteiger partial charge in [0.2, 0.25) is 0 Å². The van der Waals surface area contributed by atoms with Gasteiger partial charge in [0.05, 0.1) is 11.8 Å². The van der Waals surface area contributed by atoms with E-state index in [1.807, 2.05) is 26.5 Å². The first-order chi connectivity index (χ1) is 7.33. The molecule has 0 aliphatic rings. The molecule has 0 aromatic carbocycles. The van der Waals surface area contributed by atoms with Crippen molar-refractivity contribution in [1.82, 2.24) is 14.7 Å². The quantitative estimate of drug-likeness (QED) is 0.748. The van der Waals surface area contributed by atoms with Crippen LogP contribution in [-0.4, -0.2) is 45.5 Å². The maximum absolute atomic E-state index is 9.78. The molecule has 16 heavy (non-hydrogen) atoms. The molecule has 0 saturated carbocycles. The van der Waals surface area contributed by atoms with Gasteiger partial charge in [-0.2, -0.15) is 5.10 Å². The molecule has 5 nitrogen and oxygen atoms in total. The SMILES string of the molecule is CN(CC(C)(C)O)C(CN)c1cnn(C)c1.